The standard InChI is InChI=1S/C12H14N2O5S/c1-2-19-8-3-4-9-10(5-8)14-11(13-9)6-20(17,18)7-12(15)16/h3-5H,2,6-7H2,1H3,(H,13,14)(H,15,16). The first-order valence-corrected chi connectivity index (χ1v) is 7.75. The van der Waals surface area contributed by atoms with Crippen LogP contribution in [-0.4, -0.2) is 41.8 Å². The summed E-state index contributed by atoms with van der Waals surface area (Å²) >= 11 is 0. The lowest BCUT2D eigenvalue weighted by Gasteiger charge is -2.00. The van der Waals surface area contributed by atoms with Gasteiger partial charge in [-0.3, -0.25) is 4.79 Å². The number of aromatic nitrogens is 2. The summed E-state index contributed by atoms with van der Waals surface area (Å²) in [5.74, 6) is -1.84. The van der Waals surface area contributed by atoms with E-state index in [1.807, 2.05) is 6.92 Å². The van der Waals surface area contributed by atoms with Crippen molar-refractivity contribution in [1.82, 2.24) is 9.97 Å². The average molecular weight is 298 g/mol. The van der Waals surface area contributed by atoms with Gasteiger partial charge in [-0.1, -0.05) is 0 Å². The summed E-state index contributed by atoms with van der Waals surface area (Å²) in [7, 11) is -3.73. The molecule has 0 bridgehead atoms. The van der Waals surface area contributed by atoms with E-state index in [1.165, 1.54) is 0 Å². The highest BCUT2D eigenvalue weighted by Crippen LogP contribution is 2.19. The first-order chi connectivity index (χ1) is 9.39. The molecular formula is C12H14N2O5S. The molecule has 1 aromatic heterocycles. The summed E-state index contributed by atoms with van der Waals surface area (Å²) in [5.41, 5.74) is 1.26. The summed E-state index contributed by atoms with van der Waals surface area (Å²) in [6.07, 6.45) is 0. The Balaban J connectivity index is 2.26. The van der Waals surface area contributed by atoms with Crippen LogP contribution in [0.4, 0.5) is 0 Å². The molecule has 0 aliphatic carbocycles. The van der Waals surface area contributed by atoms with Crippen LogP contribution in [0.2, 0.25) is 0 Å². The normalized spacial score (nSPS) is 11.7. The molecule has 8 heteroatoms. The number of nitrogens with zero attached hydrogens (tertiary/aromatic N) is 1. The van der Waals surface area contributed by atoms with Crippen LogP contribution in [0.5, 0.6) is 5.75 Å². The van der Waals surface area contributed by atoms with Crippen LogP contribution in [0.1, 0.15) is 12.7 Å². The molecule has 0 fully saturated rings. The van der Waals surface area contributed by atoms with E-state index in [2.05, 4.69) is 9.97 Å². The molecule has 0 radical (unpaired) electrons. The number of carboxylic acid groups (broad SMARTS) is 1. The zero-order chi connectivity index (χ0) is 14.8. The molecule has 2 N–H and O–H groups in total. The highest BCUT2D eigenvalue weighted by Gasteiger charge is 2.18. The maximum absolute atomic E-state index is 11.6. The molecule has 20 heavy (non-hydrogen) atoms. The largest absolute Gasteiger partial charge is 0.494 e. The predicted molar refractivity (Wildman–Crippen MR) is 72.4 cm³/mol. The summed E-state index contributed by atoms with van der Waals surface area (Å²) in [5, 5.41) is 8.54. The molecule has 1 aromatic carbocycles. The van der Waals surface area contributed by atoms with E-state index in [0.717, 1.165) is 0 Å². The molecule has 2 aromatic rings. The third-order valence-corrected chi connectivity index (χ3v) is 3.91. The Hall–Kier alpha value is -2.09. The molecule has 0 aliphatic rings. The van der Waals surface area contributed by atoms with Crippen molar-refractivity contribution in [3.63, 3.8) is 0 Å². The Kier molecular flexibility index (Phi) is 3.93. The van der Waals surface area contributed by atoms with Crippen LogP contribution in [0.3, 0.4) is 0 Å². The smallest absolute Gasteiger partial charge is 0.318 e. The molecule has 0 aliphatic heterocycles. The van der Waals surface area contributed by atoms with Crippen molar-refractivity contribution >= 4 is 26.8 Å². The van der Waals surface area contributed by atoms with Crippen molar-refractivity contribution < 1.29 is 23.1 Å². The van der Waals surface area contributed by atoms with Crippen molar-refractivity contribution in [2.45, 2.75) is 12.7 Å². The molecule has 7 nitrogen and oxygen atoms in total. The molecular weight excluding hydrogens is 284 g/mol. The quantitative estimate of drug-likeness (QED) is 0.822. The van der Waals surface area contributed by atoms with E-state index < -0.39 is 27.3 Å². The fourth-order valence-electron chi connectivity index (χ4n) is 1.81. The van der Waals surface area contributed by atoms with Crippen molar-refractivity contribution in [3.8, 4) is 5.75 Å². The number of hydrogen-bond acceptors (Lipinski definition) is 5. The highest BCUT2D eigenvalue weighted by atomic mass is 32.2. The molecule has 1 heterocycles. The Morgan fingerprint density at radius 2 is 2.20 bits per heavy atom. The van der Waals surface area contributed by atoms with Crippen LogP contribution in [0.25, 0.3) is 11.0 Å². The Labute approximate surface area is 115 Å². The molecule has 0 saturated heterocycles. The summed E-state index contributed by atoms with van der Waals surface area (Å²) in [6, 6.07) is 5.17. The zero-order valence-electron chi connectivity index (χ0n) is 10.8. The Morgan fingerprint density at radius 3 is 2.85 bits per heavy atom. The van der Waals surface area contributed by atoms with Crippen LogP contribution in [-0.2, 0) is 20.4 Å². The fraction of sp³-hybridized carbons (Fsp3) is 0.333. The summed E-state index contributed by atoms with van der Waals surface area (Å²) in [6.45, 7) is 2.39. The number of hydrogen-bond donors (Lipinski definition) is 2. The minimum absolute atomic E-state index is 0.217. The molecule has 0 spiro atoms. The molecule has 2 rings (SSSR count). The van der Waals surface area contributed by atoms with E-state index >= 15 is 0 Å². The SMILES string of the molecule is CCOc1ccc2nc(CS(=O)(=O)CC(=O)O)[nH]c2c1. The summed E-state index contributed by atoms with van der Waals surface area (Å²) in [4.78, 5) is 17.5. The second kappa shape index (κ2) is 5.49. The van der Waals surface area contributed by atoms with Gasteiger partial charge < -0.3 is 14.8 Å². The second-order valence-corrected chi connectivity index (χ2v) is 6.29. The number of carbonyl (C=O) groups is 1. The minimum Gasteiger partial charge on any atom is -0.494 e. The minimum atomic E-state index is -3.73. The monoisotopic (exact) mass is 298 g/mol. The van der Waals surface area contributed by atoms with Gasteiger partial charge in [0.25, 0.3) is 0 Å². The lowest BCUT2D eigenvalue weighted by atomic mass is 10.3. The third kappa shape index (κ3) is 3.47. The average Bonchev–Trinajstić information content (AvgIpc) is 2.67. The lowest BCUT2D eigenvalue weighted by Crippen LogP contribution is -2.17. The van der Waals surface area contributed by atoms with Gasteiger partial charge in [-0.25, -0.2) is 13.4 Å². The number of fused-ring (bicyclic) bond motifs is 1. The number of nitrogens with one attached hydrogen (secondary N) is 1. The predicted octanol–water partition coefficient (Wildman–Crippen LogP) is 0.961. The molecule has 0 unspecified atom stereocenters. The molecule has 108 valence electrons. The van der Waals surface area contributed by atoms with Gasteiger partial charge in [0.15, 0.2) is 9.84 Å². The van der Waals surface area contributed by atoms with Gasteiger partial charge in [0.1, 0.15) is 23.1 Å². The van der Waals surface area contributed by atoms with Gasteiger partial charge in [-0.15, -0.1) is 0 Å². The fourth-order valence-corrected chi connectivity index (χ4v) is 2.85. The van der Waals surface area contributed by atoms with Crippen molar-refractivity contribution in [3.05, 3.63) is 24.0 Å². The van der Waals surface area contributed by atoms with Gasteiger partial charge >= 0.3 is 5.97 Å². The summed E-state index contributed by atoms with van der Waals surface area (Å²) < 4.78 is 28.5. The van der Waals surface area contributed by atoms with Gasteiger partial charge in [0.05, 0.1) is 17.6 Å². The lowest BCUT2D eigenvalue weighted by molar-refractivity contribution is -0.134. The topological polar surface area (TPSA) is 109 Å². The number of ether oxygens (including phenoxy) is 1. The van der Waals surface area contributed by atoms with E-state index in [-0.39, 0.29) is 5.82 Å². The van der Waals surface area contributed by atoms with Crippen molar-refractivity contribution in [1.29, 1.82) is 0 Å². The van der Waals surface area contributed by atoms with E-state index in [4.69, 9.17) is 9.84 Å². The second-order valence-electron chi connectivity index (χ2n) is 4.22. The number of imidazole rings is 1. The first kappa shape index (κ1) is 14.3. The van der Waals surface area contributed by atoms with Crippen molar-refractivity contribution in [2.24, 2.45) is 0 Å². The molecule has 0 amide bonds. The van der Waals surface area contributed by atoms with Gasteiger partial charge in [-0.2, -0.15) is 0 Å². The van der Waals surface area contributed by atoms with Gasteiger partial charge in [-0.05, 0) is 19.1 Å². The highest BCUT2D eigenvalue weighted by molar-refractivity contribution is 7.91. The van der Waals surface area contributed by atoms with E-state index in [0.29, 0.717) is 23.4 Å². The molecule has 0 atom stereocenters. The number of carboxylic acids is 1. The van der Waals surface area contributed by atoms with E-state index in [1.54, 1.807) is 18.2 Å². The van der Waals surface area contributed by atoms with Crippen LogP contribution < -0.4 is 4.74 Å². The molecule has 0 saturated carbocycles. The number of aliphatic carboxylic acids is 1. The first-order valence-electron chi connectivity index (χ1n) is 5.93. The number of H-pyrrole nitrogens is 1. The zero-order valence-corrected chi connectivity index (χ0v) is 11.6. The maximum atomic E-state index is 11.6. The number of rotatable bonds is 6. The Bertz CT molecular complexity index is 735. The number of sulfone groups is 1. The van der Waals surface area contributed by atoms with Crippen LogP contribution in [0, 0.1) is 0 Å². The van der Waals surface area contributed by atoms with Gasteiger partial charge in [0.2, 0.25) is 0 Å². The van der Waals surface area contributed by atoms with Crippen LogP contribution in [0.15, 0.2) is 18.2 Å². The van der Waals surface area contributed by atoms with Crippen LogP contribution >= 0.6 is 0 Å². The Morgan fingerprint density at radius 1 is 1.45 bits per heavy atom. The number of aromatic amines is 1. The van der Waals surface area contributed by atoms with E-state index in [9.17, 15) is 13.2 Å². The van der Waals surface area contributed by atoms with Gasteiger partial charge in [0, 0.05) is 6.07 Å². The third-order valence-electron chi connectivity index (χ3n) is 2.51. The van der Waals surface area contributed by atoms with Crippen molar-refractivity contribution in [2.75, 3.05) is 12.4 Å². The number of benzene rings is 1. The maximum Gasteiger partial charge on any atom is 0.318 e.